The topological polar surface area (TPSA) is 280 Å². The number of ether oxygens (including phenoxy) is 2. The SMILES string of the molecule is C.CCO.CCOC(=O)[C@H](C)C[C@@H](Cc1ccc(-c2ccccc2)cc1)NC(=O)CCC(=O)C[C@@H](CC(C)C)C(=O)O.CCOC(=O)[C@H](C)C[C@@H](Cc1ccc(-c2ccccc2)cc1)NC(=O)CCC(=O)C[C@H]([C-]=O)CC(C)C.[I-].[Na+].[Na+].[OH-].[OH-]. The molecule has 84 heavy (non-hydrogen) atoms. The molecule has 6 N–H and O–H groups in total. The molecule has 0 aliphatic heterocycles. The van der Waals surface area contributed by atoms with Crippen molar-refractivity contribution in [2.24, 2.45) is 35.5 Å². The number of Topliss-reactive ketones (excluding diaryl/α,β-unsaturated/α-hetero) is 2. The van der Waals surface area contributed by atoms with Gasteiger partial charge in [0.1, 0.15) is 11.6 Å². The number of rotatable bonds is 32. The van der Waals surface area contributed by atoms with Gasteiger partial charge in [-0.25, -0.2) is 0 Å². The molecule has 19 heteroatoms. The zero-order valence-corrected chi connectivity index (χ0v) is 57.0. The van der Waals surface area contributed by atoms with Gasteiger partial charge in [-0.1, -0.05) is 165 Å². The van der Waals surface area contributed by atoms with Crippen LogP contribution in [0.4, 0.5) is 0 Å². The van der Waals surface area contributed by atoms with E-state index in [0.29, 0.717) is 51.0 Å². The Balaban J connectivity index is -0.000000443. The van der Waals surface area contributed by atoms with Crippen LogP contribution in [0.2, 0.25) is 0 Å². The van der Waals surface area contributed by atoms with Crippen LogP contribution in [0.25, 0.3) is 22.3 Å². The summed E-state index contributed by atoms with van der Waals surface area (Å²) in [5, 5.41) is 23.0. The quantitative estimate of drug-likeness (QED) is 0.0236. The van der Waals surface area contributed by atoms with E-state index in [2.05, 4.69) is 34.9 Å². The summed E-state index contributed by atoms with van der Waals surface area (Å²) >= 11 is 0. The number of benzene rings is 4. The van der Waals surface area contributed by atoms with Gasteiger partial charge in [-0.2, -0.15) is 0 Å². The van der Waals surface area contributed by atoms with E-state index in [0.717, 1.165) is 33.4 Å². The van der Waals surface area contributed by atoms with Gasteiger partial charge < -0.3 is 70.0 Å². The maximum Gasteiger partial charge on any atom is 1.00 e. The van der Waals surface area contributed by atoms with Crippen LogP contribution >= 0.6 is 0 Å². The number of aliphatic hydroxyl groups excluding tert-OH is 1. The van der Waals surface area contributed by atoms with E-state index < -0.39 is 23.7 Å². The number of carbonyl (C=O) groups excluding carboxylic acids is 7. The third-order valence-electron chi connectivity index (χ3n) is 12.7. The Kier molecular flexibility index (Phi) is 53.7. The predicted molar refractivity (Wildman–Crippen MR) is 316 cm³/mol. The summed E-state index contributed by atoms with van der Waals surface area (Å²) in [6.45, 7) is 17.4. The molecule has 0 bridgehead atoms. The molecule has 0 unspecified atom stereocenters. The fourth-order valence-corrected chi connectivity index (χ4v) is 8.94. The molecule has 0 aliphatic carbocycles. The van der Waals surface area contributed by atoms with Crippen molar-refractivity contribution >= 4 is 47.6 Å². The second-order valence-electron chi connectivity index (χ2n) is 20.8. The molecule has 16 nitrogen and oxygen atoms in total. The number of aliphatic hydroxyl groups is 1. The summed E-state index contributed by atoms with van der Waals surface area (Å²) in [7, 11) is 0. The molecule has 2 amide bonds. The van der Waals surface area contributed by atoms with Crippen LogP contribution in [0.5, 0.6) is 0 Å². The minimum atomic E-state index is -0.984. The number of aliphatic carboxylic acids is 1. The van der Waals surface area contributed by atoms with Crippen molar-refractivity contribution in [3.05, 3.63) is 120 Å². The summed E-state index contributed by atoms with van der Waals surface area (Å²) in [5.41, 5.74) is 6.48. The second kappa shape index (κ2) is 50.9. The number of hydrogen-bond acceptors (Lipinski definition) is 13. The van der Waals surface area contributed by atoms with E-state index in [1.807, 2.05) is 119 Å². The van der Waals surface area contributed by atoms with E-state index in [-0.39, 0.29) is 212 Å². The van der Waals surface area contributed by atoms with Gasteiger partial charge in [0.05, 0.1) is 31.0 Å². The van der Waals surface area contributed by atoms with Crippen LogP contribution in [0.3, 0.4) is 0 Å². The number of halogens is 1. The van der Waals surface area contributed by atoms with Crippen LogP contribution in [0.15, 0.2) is 109 Å². The zero-order chi connectivity index (χ0) is 58.0. The van der Waals surface area contributed by atoms with Crippen molar-refractivity contribution in [1.29, 1.82) is 0 Å². The number of carboxylic acids is 1. The van der Waals surface area contributed by atoms with E-state index in [9.17, 15) is 43.5 Å². The fourth-order valence-electron chi connectivity index (χ4n) is 8.94. The van der Waals surface area contributed by atoms with Crippen molar-refractivity contribution in [2.45, 2.75) is 159 Å². The first-order valence-corrected chi connectivity index (χ1v) is 27.7. The molecule has 0 aromatic heterocycles. The molecule has 0 heterocycles. The first-order chi connectivity index (χ1) is 37.2. The Morgan fingerprint density at radius 2 is 0.845 bits per heavy atom. The number of carboxylic acid groups (broad SMARTS) is 1. The largest absolute Gasteiger partial charge is 1.00 e. The molecule has 0 aliphatic rings. The van der Waals surface area contributed by atoms with Crippen molar-refractivity contribution in [1.82, 2.24) is 10.6 Å². The molecule has 0 radical (unpaired) electrons. The molecule has 4 rings (SSSR count). The van der Waals surface area contributed by atoms with Crippen molar-refractivity contribution in [3.8, 4) is 22.3 Å². The van der Waals surface area contributed by atoms with Gasteiger partial charge in [0.15, 0.2) is 0 Å². The normalized spacial score (nSPS) is 12.2. The number of ketones is 2. The minimum Gasteiger partial charge on any atom is -1.00 e. The number of nitrogens with one attached hydrogen (secondary N) is 2. The molecular weight excluding hydrogens is 1210 g/mol. The van der Waals surface area contributed by atoms with Crippen molar-refractivity contribution in [3.63, 3.8) is 0 Å². The smallest absolute Gasteiger partial charge is 1.00 e. The van der Waals surface area contributed by atoms with E-state index in [1.165, 1.54) is 0 Å². The first kappa shape index (κ1) is 88.6. The van der Waals surface area contributed by atoms with Crippen LogP contribution < -0.4 is 93.7 Å². The van der Waals surface area contributed by atoms with Gasteiger partial charge in [-0.15, -0.1) is 5.92 Å². The Morgan fingerprint density at radius 3 is 1.15 bits per heavy atom. The summed E-state index contributed by atoms with van der Waals surface area (Å²) in [6, 6.07) is 35.8. The van der Waals surface area contributed by atoms with Gasteiger partial charge in [0.2, 0.25) is 11.8 Å². The molecule has 0 fully saturated rings. The molecule has 4 aromatic carbocycles. The molecule has 6 atom stereocenters. The summed E-state index contributed by atoms with van der Waals surface area (Å²) in [5.74, 6) is -3.96. The fraction of sp³-hybridized carbons (Fsp3) is 0.508. The number of hydrogen-bond donors (Lipinski definition) is 4. The predicted octanol–water partition coefficient (Wildman–Crippen LogP) is 2.23. The molecule has 0 saturated heterocycles. The maximum absolute atomic E-state index is 12.8. The summed E-state index contributed by atoms with van der Waals surface area (Å²) in [4.78, 5) is 97.3. The van der Waals surface area contributed by atoms with Crippen LogP contribution in [-0.4, -0.2) is 101 Å². The molecule has 4 aromatic rings. The second-order valence-corrected chi connectivity index (χ2v) is 20.8. The molecule has 0 spiro atoms. The average Bonchev–Trinajstić information content (AvgIpc) is 3.45. The zero-order valence-electron chi connectivity index (χ0n) is 50.9. The van der Waals surface area contributed by atoms with E-state index >= 15 is 0 Å². The molecule has 0 saturated carbocycles. The monoisotopic (exact) mass is 1300 g/mol. The Hall–Kier alpha value is -4.15. The summed E-state index contributed by atoms with van der Waals surface area (Å²) in [6.07, 6.45) is 5.01. The van der Waals surface area contributed by atoms with Crippen molar-refractivity contribution in [2.75, 3.05) is 19.8 Å². The van der Waals surface area contributed by atoms with Gasteiger partial charge >= 0.3 is 77.0 Å². The van der Waals surface area contributed by atoms with Crippen LogP contribution in [0, 0.1) is 35.5 Å². The number of carbonyl (C=O) groups is 7. The van der Waals surface area contributed by atoms with Crippen molar-refractivity contribution < 1.29 is 152 Å². The van der Waals surface area contributed by atoms with Gasteiger partial charge in [0.25, 0.3) is 0 Å². The third kappa shape index (κ3) is 38.1. The van der Waals surface area contributed by atoms with Gasteiger partial charge in [0, 0.05) is 50.8 Å². The third-order valence-corrected chi connectivity index (χ3v) is 12.7. The van der Waals surface area contributed by atoms with Crippen LogP contribution in [-0.2, 0) is 60.7 Å². The standard InChI is InChI=1S/C31H41NO6.C31H40NO5.C2H6O.CH4.HI.2Na.2H2O/c1-5-38-31(37)22(4)18-27(19-23-11-13-25(14-12-23)24-9-7-6-8-10-24)32-29(34)16-15-28(33)20-26(30(35)36)17-21(2)3;1-5-37-31(36)23(4)18-28(19-24-11-13-27(14-12-24)26-9-7-6-8-10-26)32-30(35)16-15-29(34)20-25(21-33)17-22(2)3;1-2-3;;;;;;/h6-14,21-22,26-27H,5,15-20H2,1-4H3,(H,32,34)(H,35,36);6-14,22-23,25,28H,5,15-20H2,1-4H3,(H,32,35);3H,2H2,1H3;1H4;1H;;;2*1H2/q;-1;;;;2*+1;;/p-3/t22-,26-,27+;23-,25-,28+;;;;;;;/m11......./s1. The Morgan fingerprint density at radius 1 is 0.512 bits per heavy atom. The average molecular weight is 1300 g/mol. The maximum atomic E-state index is 12.8. The number of amides is 2. The number of esters is 2. The van der Waals surface area contributed by atoms with E-state index in [1.54, 1.807) is 34.6 Å². The first-order valence-electron chi connectivity index (χ1n) is 27.7. The van der Waals surface area contributed by atoms with E-state index in [4.69, 9.17) is 14.6 Å². The minimum absolute atomic E-state index is 0. The van der Waals surface area contributed by atoms with Crippen LogP contribution in [0.1, 0.15) is 145 Å². The van der Waals surface area contributed by atoms with Gasteiger partial charge in [-0.3, -0.25) is 39.8 Å². The van der Waals surface area contributed by atoms with Gasteiger partial charge in [-0.05, 0) is 105 Å². The molecule has 458 valence electrons. The Labute approximate surface area is 562 Å². The summed E-state index contributed by atoms with van der Waals surface area (Å²) < 4.78 is 10.3. The molecular formula is C65H93IN2Na2O14-2. The Bertz CT molecular complexity index is 2430.